The summed E-state index contributed by atoms with van der Waals surface area (Å²) in [6.45, 7) is 0.230. The largest absolute Gasteiger partial charge is 0.481 e. The number of benzene rings is 2. The van der Waals surface area contributed by atoms with E-state index in [-0.39, 0.29) is 18.3 Å². The summed E-state index contributed by atoms with van der Waals surface area (Å²) in [6, 6.07) is 15.5. The standard InChI is InChI=1S/C15H14FNO2/c16-13-8-4-5-9-14(13)19-11-15(18)17-10-12-6-2-1-3-7-12/h1-9H,10-11H2,(H,17,18). The smallest absolute Gasteiger partial charge is 0.258 e. The van der Waals surface area contributed by atoms with E-state index >= 15 is 0 Å². The number of hydrogen-bond donors (Lipinski definition) is 1. The van der Waals surface area contributed by atoms with Crippen LogP contribution in [0.25, 0.3) is 0 Å². The van der Waals surface area contributed by atoms with Crippen LogP contribution in [0.1, 0.15) is 5.56 Å². The SMILES string of the molecule is O=C(COc1ccccc1F)NCc1ccccc1. The highest BCUT2D eigenvalue weighted by atomic mass is 19.1. The maximum atomic E-state index is 13.2. The van der Waals surface area contributed by atoms with Gasteiger partial charge in [-0.1, -0.05) is 42.5 Å². The first-order valence-corrected chi connectivity index (χ1v) is 5.93. The molecule has 4 heteroatoms. The molecule has 1 amide bonds. The monoisotopic (exact) mass is 259 g/mol. The highest BCUT2D eigenvalue weighted by molar-refractivity contribution is 5.77. The molecule has 0 aromatic heterocycles. The van der Waals surface area contributed by atoms with Gasteiger partial charge in [-0.05, 0) is 17.7 Å². The maximum absolute atomic E-state index is 13.2. The van der Waals surface area contributed by atoms with Gasteiger partial charge in [-0.3, -0.25) is 4.79 Å². The third-order valence-electron chi connectivity index (χ3n) is 2.53. The molecule has 0 saturated carbocycles. The normalized spacial score (nSPS) is 9.95. The van der Waals surface area contributed by atoms with E-state index in [1.807, 2.05) is 30.3 Å². The fourth-order valence-corrected chi connectivity index (χ4v) is 1.55. The summed E-state index contributed by atoms with van der Waals surface area (Å²) in [4.78, 5) is 11.5. The van der Waals surface area contributed by atoms with Crippen molar-refractivity contribution >= 4 is 5.91 Å². The van der Waals surface area contributed by atoms with E-state index in [1.54, 1.807) is 12.1 Å². The quantitative estimate of drug-likeness (QED) is 0.896. The summed E-state index contributed by atoms with van der Waals surface area (Å²) in [5.41, 5.74) is 1.00. The van der Waals surface area contributed by atoms with Gasteiger partial charge in [-0.15, -0.1) is 0 Å². The Morgan fingerprint density at radius 1 is 1.05 bits per heavy atom. The lowest BCUT2D eigenvalue weighted by Crippen LogP contribution is -2.28. The number of halogens is 1. The van der Waals surface area contributed by atoms with E-state index in [9.17, 15) is 9.18 Å². The number of para-hydroxylation sites is 1. The van der Waals surface area contributed by atoms with Crippen molar-refractivity contribution in [1.82, 2.24) is 5.32 Å². The minimum atomic E-state index is -0.474. The van der Waals surface area contributed by atoms with E-state index in [0.717, 1.165) is 5.56 Å². The summed E-state index contributed by atoms with van der Waals surface area (Å²) in [5, 5.41) is 2.70. The molecular formula is C15H14FNO2. The fraction of sp³-hybridized carbons (Fsp3) is 0.133. The highest BCUT2D eigenvalue weighted by Crippen LogP contribution is 2.14. The molecule has 0 atom stereocenters. The average Bonchev–Trinajstić information content (AvgIpc) is 2.45. The van der Waals surface area contributed by atoms with Gasteiger partial charge in [0.05, 0.1) is 0 Å². The van der Waals surface area contributed by atoms with Crippen molar-refractivity contribution in [2.24, 2.45) is 0 Å². The number of nitrogens with one attached hydrogen (secondary N) is 1. The van der Waals surface area contributed by atoms with Gasteiger partial charge in [-0.2, -0.15) is 0 Å². The zero-order valence-electron chi connectivity index (χ0n) is 10.3. The molecule has 0 radical (unpaired) electrons. The van der Waals surface area contributed by atoms with Crippen molar-refractivity contribution in [2.75, 3.05) is 6.61 Å². The molecule has 19 heavy (non-hydrogen) atoms. The molecule has 0 aliphatic carbocycles. The maximum Gasteiger partial charge on any atom is 0.258 e. The first kappa shape index (κ1) is 13.1. The Bertz CT molecular complexity index is 543. The number of amides is 1. The van der Waals surface area contributed by atoms with Crippen LogP contribution in [0.15, 0.2) is 54.6 Å². The molecule has 0 unspecified atom stereocenters. The molecule has 0 aliphatic heterocycles. The number of rotatable bonds is 5. The summed E-state index contributed by atoms with van der Waals surface area (Å²) in [7, 11) is 0. The van der Waals surface area contributed by atoms with E-state index in [0.29, 0.717) is 6.54 Å². The predicted molar refractivity (Wildman–Crippen MR) is 70.2 cm³/mol. The molecule has 98 valence electrons. The Morgan fingerprint density at radius 3 is 2.47 bits per heavy atom. The second-order valence-corrected chi connectivity index (χ2v) is 3.98. The van der Waals surface area contributed by atoms with Crippen molar-refractivity contribution in [1.29, 1.82) is 0 Å². The van der Waals surface area contributed by atoms with Crippen LogP contribution in [-0.2, 0) is 11.3 Å². The van der Waals surface area contributed by atoms with Gasteiger partial charge in [-0.25, -0.2) is 4.39 Å². The molecule has 0 aliphatic rings. The van der Waals surface area contributed by atoms with Crippen LogP contribution >= 0.6 is 0 Å². The molecule has 2 aromatic carbocycles. The van der Waals surface area contributed by atoms with E-state index in [2.05, 4.69) is 5.32 Å². The van der Waals surface area contributed by atoms with Crippen molar-refractivity contribution in [3.63, 3.8) is 0 Å². The van der Waals surface area contributed by atoms with Crippen molar-refractivity contribution < 1.29 is 13.9 Å². The summed E-state index contributed by atoms with van der Waals surface area (Å²) in [5.74, 6) is -0.678. The number of hydrogen-bond acceptors (Lipinski definition) is 2. The summed E-state index contributed by atoms with van der Waals surface area (Å²) < 4.78 is 18.3. The van der Waals surface area contributed by atoms with Crippen LogP contribution in [0, 0.1) is 5.82 Å². The van der Waals surface area contributed by atoms with Crippen LogP contribution in [0.3, 0.4) is 0 Å². The lowest BCUT2D eigenvalue weighted by atomic mass is 10.2. The summed E-state index contributed by atoms with van der Waals surface area (Å²) >= 11 is 0. The van der Waals surface area contributed by atoms with E-state index in [4.69, 9.17) is 4.74 Å². The van der Waals surface area contributed by atoms with Crippen LogP contribution < -0.4 is 10.1 Å². The molecule has 2 rings (SSSR count). The van der Waals surface area contributed by atoms with Crippen LogP contribution in [0.5, 0.6) is 5.75 Å². The average molecular weight is 259 g/mol. The molecule has 0 spiro atoms. The fourth-order valence-electron chi connectivity index (χ4n) is 1.55. The van der Waals surface area contributed by atoms with E-state index < -0.39 is 5.82 Å². The van der Waals surface area contributed by atoms with Gasteiger partial charge in [0.25, 0.3) is 5.91 Å². The molecule has 0 saturated heterocycles. The predicted octanol–water partition coefficient (Wildman–Crippen LogP) is 2.52. The van der Waals surface area contributed by atoms with Crippen molar-refractivity contribution in [3.05, 3.63) is 66.0 Å². The molecule has 0 bridgehead atoms. The lowest BCUT2D eigenvalue weighted by Gasteiger charge is -2.08. The van der Waals surface area contributed by atoms with Crippen LogP contribution in [0.4, 0.5) is 4.39 Å². The van der Waals surface area contributed by atoms with Crippen molar-refractivity contribution in [3.8, 4) is 5.75 Å². The zero-order chi connectivity index (χ0) is 13.5. The lowest BCUT2D eigenvalue weighted by molar-refractivity contribution is -0.123. The molecule has 3 nitrogen and oxygen atoms in total. The Balaban J connectivity index is 1.78. The summed E-state index contributed by atoms with van der Waals surface area (Å²) in [6.07, 6.45) is 0. The van der Waals surface area contributed by atoms with Gasteiger partial charge in [0.2, 0.25) is 0 Å². The van der Waals surface area contributed by atoms with Gasteiger partial charge in [0.15, 0.2) is 18.2 Å². The first-order valence-electron chi connectivity index (χ1n) is 5.93. The minimum Gasteiger partial charge on any atom is -0.481 e. The third-order valence-corrected chi connectivity index (χ3v) is 2.53. The van der Waals surface area contributed by atoms with Crippen LogP contribution in [-0.4, -0.2) is 12.5 Å². The third kappa shape index (κ3) is 4.10. The molecule has 0 heterocycles. The Morgan fingerprint density at radius 2 is 1.74 bits per heavy atom. The Kier molecular flexibility index (Phi) is 4.50. The second-order valence-electron chi connectivity index (χ2n) is 3.98. The zero-order valence-corrected chi connectivity index (χ0v) is 10.3. The number of carbonyl (C=O) groups excluding carboxylic acids is 1. The van der Waals surface area contributed by atoms with Gasteiger partial charge < -0.3 is 10.1 Å². The highest BCUT2D eigenvalue weighted by Gasteiger charge is 2.05. The van der Waals surface area contributed by atoms with Crippen molar-refractivity contribution in [2.45, 2.75) is 6.54 Å². The minimum absolute atomic E-state index is 0.0809. The first-order chi connectivity index (χ1) is 9.25. The van der Waals surface area contributed by atoms with Gasteiger partial charge >= 0.3 is 0 Å². The second kappa shape index (κ2) is 6.54. The van der Waals surface area contributed by atoms with Gasteiger partial charge in [0.1, 0.15) is 0 Å². The van der Waals surface area contributed by atoms with Crippen LogP contribution in [0.2, 0.25) is 0 Å². The Labute approximate surface area is 111 Å². The molecule has 1 N–H and O–H groups in total. The topological polar surface area (TPSA) is 38.3 Å². The Hall–Kier alpha value is -2.36. The number of carbonyl (C=O) groups is 1. The molecular weight excluding hydrogens is 245 g/mol. The van der Waals surface area contributed by atoms with E-state index in [1.165, 1.54) is 12.1 Å². The number of ether oxygens (including phenoxy) is 1. The molecule has 2 aromatic rings. The van der Waals surface area contributed by atoms with Gasteiger partial charge in [0, 0.05) is 6.54 Å². The molecule has 0 fully saturated rings.